The highest BCUT2D eigenvalue weighted by Crippen LogP contribution is 2.21. The van der Waals surface area contributed by atoms with Gasteiger partial charge in [0.2, 0.25) is 5.91 Å². The van der Waals surface area contributed by atoms with Crippen molar-refractivity contribution in [1.29, 1.82) is 0 Å². The van der Waals surface area contributed by atoms with Crippen molar-refractivity contribution in [2.45, 2.75) is 32.7 Å². The number of aromatic nitrogens is 1. The van der Waals surface area contributed by atoms with Crippen LogP contribution in [0.3, 0.4) is 0 Å². The molecule has 0 atom stereocenters. The topological polar surface area (TPSA) is 45.2 Å². The molecule has 1 fully saturated rings. The minimum atomic E-state index is 0.0845. The first-order valence-electron chi connectivity index (χ1n) is 6.27. The molecule has 2 heterocycles. The maximum absolute atomic E-state index is 11.3. The van der Waals surface area contributed by atoms with Crippen LogP contribution in [0, 0.1) is 0 Å². The van der Waals surface area contributed by atoms with Gasteiger partial charge in [-0.15, -0.1) is 0 Å². The number of anilines is 1. The number of nitrogens with zero attached hydrogens (tertiary/aromatic N) is 2. The van der Waals surface area contributed by atoms with E-state index in [1.807, 2.05) is 25.3 Å². The summed E-state index contributed by atoms with van der Waals surface area (Å²) < 4.78 is 0. The van der Waals surface area contributed by atoms with Crippen LogP contribution in [0.2, 0.25) is 0 Å². The zero-order valence-electron chi connectivity index (χ0n) is 10.3. The summed E-state index contributed by atoms with van der Waals surface area (Å²) in [5.74, 6) is 1.11. The largest absolute Gasteiger partial charge is 0.356 e. The molecule has 1 aliphatic heterocycles. The van der Waals surface area contributed by atoms with Crippen molar-refractivity contribution < 1.29 is 4.79 Å². The molecule has 17 heavy (non-hydrogen) atoms. The van der Waals surface area contributed by atoms with Crippen LogP contribution in [-0.4, -0.2) is 24.0 Å². The fourth-order valence-electron chi connectivity index (χ4n) is 2.10. The predicted octanol–water partition coefficient (Wildman–Crippen LogP) is 1.71. The van der Waals surface area contributed by atoms with Crippen molar-refractivity contribution in [2.24, 2.45) is 0 Å². The number of hydrogen-bond donors (Lipinski definition) is 1. The van der Waals surface area contributed by atoms with Gasteiger partial charge in [0.25, 0.3) is 0 Å². The zero-order valence-corrected chi connectivity index (χ0v) is 10.3. The Morgan fingerprint density at radius 1 is 1.47 bits per heavy atom. The molecule has 1 saturated heterocycles. The first kappa shape index (κ1) is 11.9. The van der Waals surface area contributed by atoms with Crippen LogP contribution in [0.5, 0.6) is 0 Å². The number of rotatable bonds is 4. The van der Waals surface area contributed by atoms with Gasteiger partial charge in [-0.05, 0) is 18.9 Å². The molecule has 1 amide bonds. The second kappa shape index (κ2) is 5.66. The molecule has 1 aromatic rings. The Morgan fingerprint density at radius 3 is 2.94 bits per heavy atom. The van der Waals surface area contributed by atoms with Gasteiger partial charge < -0.3 is 10.2 Å². The van der Waals surface area contributed by atoms with E-state index in [0.717, 1.165) is 24.5 Å². The average molecular weight is 233 g/mol. The molecular formula is C13H19N3O. The molecule has 0 aromatic carbocycles. The monoisotopic (exact) mass is 233 g/mol. The van der Waals surface area contributed by atoms with E-state index in [0.29, 0.717) is 13.0 Å². The molecule has 4 nitrogen and oxygen atoms in total. The lowest BCUT2D eigenvalue weighted by molar-refractivity contribution is -0.120. The minimum absolute atomic E-state index is 0.0845. The van der Waals surface area contributed by atoms with Crippen molar-refractivity contribution in [3.63, 3.8) is 0 Å². The van der Waals surface area contributed by atoms with Crippen LogP contribution in [0.1, 0.15) is 31.7 Å². The van der Waals surface area contributed by atoms with E-state index < -0.39 is 0 Å². The molecule has 92 valence electrons. The predicted molar refractivity (Wildman–Crippen MR) is 67.8 cm³/mol. The van der Waals surface area contributed by atoms with E-state index in [1.165, 1.54) is 12.8 Å². The van der Waals surface area contributed by atoms with Crippen molar-refractivity contribution in [2.75, 3.05) is 18.0 Å². The van der Waals surface area contributed by atoms with Crippen LogP contribution >= 0.6 is 0 Å². The van der Waals surface area contributed by atoms with E-state index in [9.17, 15) is 4.79 Å². The number of pyridine rings is 1. The molecule has 1 aliphatic rings. The van der Waals surface area contributed by atoms with Gasteiger partial charge in [0.05, 0.1) is 0 Å². The van der Waals surface area contributed by atoms with Gasteiger partial charge in [0.1, 0.15) is 5.82 Å². The van der Waals surface area contributed by atoms with E-state index >= 15 is 0 Å². The molecule has 0 saturated carbocycles. The summed E-state index contributed by atoms with van der Waals surface area (Å²) in [6, 6.07) is 3.96. The molecule has 0 spiro atoms. The maximum Gasteiger partial charge on any atom is 0.219 e. The van der Waals surface area contributed by atoms with Gasteiger partial charge in [-0.1, -0.05) is 13.0 Å². The summed E-state index contributed by atoms with van der Waals surface area (Å²) in [7, 11) is 0. The molecule has 0 unspecified atom stereocenters. The molecule has 1 aromatic heterocycles. The average Bonchev–Trinajstić information content (AvgIpc) is 2.90. The highest BCUT2D eigenvalue weighted by atomic mass is 16.1. The molecular weight excluding hydrogens is 214 g/mol. The van der Waals surface area contributed by atoms with Gasteiger partial charge >= 0.3 is 0 Å². The van der Waals surface area contributed by atoms with E-state index in [2.05, 4.69) is 15.2 Å². The number of carbonyl (C=O) groups is 1. The second-order valence-electron chi connectivity index (χ2n) is 4.31. The van der Waals surface area contributed by atoms with Gasteiger partial charge in [0, 0.05) is 37.8 Å². The molecule has 4 heteroatoms. The zero-order chi connectivity index (χ0) is 12.1. The lowest BCUT2D eigenvalue weighted by atomic mass is 10.2. The maximum atomic E-state index is 11.3. The summed E-state index contributed by atoms with van der Waals surface area (Å²) in [6.45, 7) is 4.59. The van der Waals surface area contributed by atoms with E-state index in [4.69, 9.17) is 0 Å². The number of carbonyl (C=O) groups excluding carboxylic acids is 1. The first-order chi connectivity index (χ1) is 8.31. The summed E-state index contributed by atoms with van der Waals surface area (Å²) in [5, 5.41) is 2.91. The van der Waals surface area contributed by atoms with Crippen molar-refractivity contribution in [3.8, 4) is 0 Å². The van der Waals surface area contributed by atoms with Crippen molar-refractivity contribution >= 4 is 11.7 Å². The Kier molecular flexibility index (Phi) is 3.96. The molecule has 2 rings (SSSR count). The van der Waals surface area contributed by atoms with Crippen LogP contribution in [0.15, 0.2) is 18.3 Å². The standard InChI is InChI=1S/C13H19N3O/c1-2-12(17)15-10-11-6-5-7-14-13(11)16-8-3-4-9-16/h5-7H,2-4,8-10H2,1H3,(H,15,17). The van der Waals surface area contributed by atoms with Crippen LogP contribution < -0.4 is 10.2 Å². The fraction of sp³-hybridized carbons (Fsp3) is 0.538. The van der Waals surface area contributed by atoms with Gasteiger partial charge in [0.15, 0.2) is 0 Å². The smallest absolute Gasteiger partial charge is 0.219 e. The van der Waals surface area contributed by atoms with Gasteiger partial charge in [-0.25, -0.2) is 4.98 Å². The Bertz CT molecular complexity index is 386. The normalized spacial score (nSPS) is 15.0. The number of nitrogens with one attached hydrogen (secondary N) is 1. The Hall–Kier alpha value is -1.58. The second-order valence-corrected chi connectivity index (χ2v) is 4.31. The van der Waals surface area contributed by atoms with Crippen molar-refractivity contribution in [3.05, 3.63) is 23.9 Å². The molecule has 0 aliphatic carbocycles. The van der Waals surface area contributed by atoms with Crippen LogP contribution in [-0.2, 0) is 11.3 Å². The SMILES string of the molecule is CCC(=O)NCc1cccnc1N1CCCC1. The minimum Gasteiger partial charge on any atom is -0.356 e. The van der Waals surface area contributed by atoms with E-state index in [1.54, 1.807) is 0 Å². The first-order valence-corrected chi connectivity index (χ1v) is 6.27. The van der Waals surface area contributed by atoms with Crippen LogP contribution in [0.25, 0.3) is 0 Å². The molecule has 0 radical (unpaired) electrons. The lowest BCUT2D eigenvalue weighted by Crippen LogP contribution is -2.25. The summed E-state index contributed by atoms with van der Waals surface area (Å²) in [5.41, 5.74) is 1.11. The summed E-state index contributed by atoms with van der Waals surface area (Å²) in [4.78, 5) is 18.0. The lowest BCUT2D eigenvalue weighted by Gasteiger charge is -2.19. The highest BCUT2D eigenvalue weighted by molar-refractivity contribution is 5.75. The number of hydrogen-bond acceptors (Lipinski definition) is 3. The molecule has 1 N–H and O–H groups in total. The third-order valence-electron chi connectivity index (χ3n) is 3.07. The summed E-state index contributed by atoms with van der Waals surface area (Å²) in [6.07, 6.45) is 4.81. The molecule has 0 bridgehead atoms. The van der Waals surface area contributed by atoms with Gasteiger partial charge in [-0.2, -0.15) is 0 Å². The number of amides is 1. The highest BCUT2D eigenvalue weighted by Gasteiger charge is 2.16. The van der Waals surface area contributed by atoms with Gasteiger partial charge in [-0.3, -0.25) is 4.79 Å². The van der Waals surface area contributed by atoms with Crippen LogP contribution in [0.4, 0.5) is 5.82 Å². The fourth-order valence-corrected chi connectivity index (χ4v) is 2.10. The summed E-state index contributed by atoms with van der Waals surface area (Å²) >= 11 is 0. The Balaban J connectivity index is 2.07. The Morgan fingerprint density at radius 2 is 2.24 bits per heavy atom. The third-order valence-corrected chi connectivity index (χ3v) is 3.07. The van der Waals surface area contributed by atoms with Crippen molar-refractivity contribution in [1.82, 2.24) is 10.3 Å². The quantitative estimate of drug-likeness (QED) is 0.861. The third kappa shape index (κ3) is 2.96. The van der Waals surface area contributed by atoms with E-state index in [-0.39, 0.29) is 5.91 Å². The Labute approximate surface area is 102 Å².